The van der Waals surface area contributed by atoms with Gasteiger partial charge in [0.05, 0.1) is 6.61 Å². The molecule has 136 valence electrons. The Kier molecular flexibility index (Phi) is 6.36. The number of hydrogen-bond acceptors (Lipinski definition) is 4. The summed E-state index contributed by atoms with van der Waals surface area (Å²) in [5, 5.41) is 21.3. The van der Waals surface area contributed by atoms with Gasteiger partial charge in [0.1, 0.15) is 6.10 Å². The molecule has 0 bridgehead atoms. The lowest BCUT2D eigenvalue weighted by molar-refractivity contribution is -0.222. The number of hydrogen-bond donors (Lipinski definition) is 3. The highest BCUT2D eigenvalue weighted by Gasteiger charge is 2.48. The first-order chi connectivity index (χ1) is 11.8. The highest BCUT2D eigenvalue weighted by molar-refractivity contribution is 5.23. The molecule has 3 N–H and O–H groups in total. The molecule has 0 amide bonds. The summed E-state index contributed by atoms with van der Waals surface area (Å²) < 4.78 is 0. The lowest BCUT2D eigenvalue weighted by atomic mass is 9.73. The smallest absolute Gasteiger partial charge is 0.151 e. The van der Waals surface area contributed by atoms with E-state index in [1.165, 1.54) is 0 Å². The van der Waals surface area contributed by atoms with Crippen molar-refractivity contribution in [1.29, 1.82) is 0 Å². The van der Waals surface area contributed by atoms with Crippen LogP contribution in [0.25, 0.3) is 0 Å². The largest absolute Gasteiger partial charge is 0.396 e. The molecule has 0 aliphatic carbocycles. The zero-order valence-electron chi connectivity index (χ0n) is 15.4. The summed E-state index contributed by atoms with van der Waals surface area (Å²) in [6.07, 6.45) is -0.245. The minimum atomic E-state index is -1.45. The SMILES string of the molecule is CC(ONC(O)(C(C)c1ccccc1)C(C)(C)CO)c1ccccc1. The van der Waals surface area contributed by atoms with Crippen molar-refractivity contribution in [2.24, 2.45) is 5.41 Å². The first-order valence-corrected chi connectivity index (χ1v) is 8.68. The minimum Gasteiger partial charge on any atom is -0.396 e. The van der Waals surface area contributed by atoms with E-state index in [-0.39, 0.29) is 18.6 Å². The zero-order chi connectivity index (χ0) is 18.5. The van der Waals surface area contributed by atoms with Gasteiger partial charge in [0.15, 0.2) is 5.72 Å². The topological polar surface area (TPSA) is 61.7 Å². The van der Waals surface area contributed by atoms with Gasteiger partial charge in [0.25, 0.3) is 0 Å². The van der Waals surface area contributed by atoms with Crippen molar-refractivity contribution in [3.05, 3.63) is 71.8 Å². The predicted molar refractivity (Wildman–Crippen MR) is 99.8 cm³/mol. The maximum Gasteiger partial charge on any atom is 0.151 e. The fourth-order valence-corrected chi connectivity index (χ4v) is 2.89. The van der Waals surface area contributed by atoms with Crippen LogP contribution in [-0.4, -0.2) is 22.5 Å². The standard InChI is InChI=1S/C21H29NO3/c1-16(18-11-7-5-8-12-18)21(24,20(3,4)15-23)22-25-17(2)19-13-9-6-10-14-19/h5-14,16-17,22-24H,15H2,1-4H3. The van der Waals surface area contributed by atoms with Crippen LogP contribution in [0.3, 0.4) is 0 Å². The average Bonchev–Trinajstić information content (AvgIpc) is 2.66. The van der Waals surface area contributed by atoms with Crippen molar-refractivity contribution < 1.29 is 15.1 Å². The molecule has 0 heterocycles. The van der Waals surface area contributed by atoms with Gasteiger partial charge in [0.2, 0.25) is 0 Å². The Balaban J connectivity index is 2.24. The fourth-order valence-electron chi connectivity index (χ4n) is 2.89. The van der Waals surface area contributed by atoms with Gasteiger partial charge in [-0.3, -0.25) is 4.84 Å². The van der Waals surface area contributed by atoms with E-state index in [9.17, 15) is 10.2 Å². The summed E-state index contributed by atoms with van der Waals surface area (Å²) in [5.41, 5.74) is 2.58. The number of benzene rings is 2. The van der Waals surface area contributed by atoms with Gasteiger partial charge < -0.3 is 10.2 Å². The van der Waals surface area contributed by atoms with Crippen LogP contribution in [0.1, 0.15) is 50.8 Å². The molecule has 2 rings (SSSR count). The van der Waals surface area contributed by atoms with E-state index in [4.69, 9.17) is 4.84 Å². The van der Waals surface area contributed by atoms with Gasteiger partial charge in [-0.1, -0.05) is 81.4 Å². The van der Waals surface area contributed by atoms with E-state index in [0.717, 1.165) is 11.1 Å². The Bertz CT molecular complexity index is 645. The summed E-state index contributed by atoms with van der Waals surface area (Å²) in [5.74, 6) is -0.293. The van der Waals surface area contributed by atoms with Gasteiger partial charge in [0, 0.05) is 11.3 Å². The second-order valence-electron chi connectivity index (χ2n) is 7.21. The summed E-state index contributed by atoms with van der Waals surface area (Å²) >= 11 is 0. The second kappa shape index (κ2) is 8.11. The maximum absolute atomic E-state index is 11.5. The molecule has 0 aliphatic heterocycles. The number of rotatable bonds is 8. The van der Waals surface area contributed by atoms with Crippen LogP contribution in [-0.2, 0) is 4.84 Å². The minimum absolute atomic E-state index is 0.184. The summed E-state index contributed by atoms with van der Waals surface area (Å²) in [4.78, 5) is 5.81. The second-order valence-corrected chi connectivity index (χ2v) is 7.21. The average molecular weight is 343 g/mol. The van der Waals surface area contributed by atoms with Crippen LogP contribution in [0.5, 0.6) is 0 Å². The Morgan fingerprint density at radius 2 is 1.40 bits per heavy atom. The Morgan fingerprint density at radius 3 is 1.88 bits per heavy atom. The molecule has 0 aromatic heterocycles. The Morgan fingerprint density at radius 1 is 0.920 bits per heavy atom. The van der Waals surface area contributed by atoms with Crippen molar-refractivity contribution in [3.63, 3.8) is 0 Å². The zero-order valence-corrected chi connectivity index (χ0v) is 15.4. The third-order valence-electron chi connectivity index (χ3n) is 5.01. The summed E-state index contributed by atoms with van der Waals surface area (Å²) in [6.45, 7) is 7.29. The lowest BCUT2D eigenvalue weighted by Crippen LogP contribution is -2.60. The van der Waals surface area contributed by atoms with Crippen LogP contribution < -0.4 is 5.48 Å². The first-order valence-electron chi connectivity index (χ1n) is 8.68. The number of aliphatic hydroxyl groups is 2. The highest BCUT2D eigenvalue weighted by Crippen LogP contribution is 2.40. The number of nitrogens with one attached hydrogen (secondary N) is 1. The van der Waals surface area contributed by atoms with E-state index in [0.29, 0.717) is 0 Å². The van der Waals surface area contributed by atoms with Crippen LogP contribution >= 0.6 is 0 Å². The molecule has 0 radical (unpaired) electrons. The molecule has 4 heteroatoms. The molecule has 0 aliphatic rings. The quantitative estimate of drug-likeness (QED) is 0.504. The number of hydroxylamine groups is 1. The van der Waals surface area contributed by atoms with Gasteiger partial charge >= 0.3 is 0 Å². The summed E-state index contributed by atoms with van der Waals surface area (Å²) in [7, 11) is 0. The highest BCUT2D eigenvalue weighted by atomic mass is 16.7. The Hall–Kier alpha value is -1.72. The monoisotopic (exact) mass is 343 g/mol. The first kappa shape index (κ1) is 19.6. The van der Waals surface area contributed by atoms with Crippen LogP contribution in [0.2, 0.25) is 0 Å². The van der Waals surface area contributed by atoms with Crippen molar-refractivity contribution in [2.75, 3.05) is 6.61 Å². The molecule has 0 saturated heterocycles. The van der Waals surface area contributed by atoms with Crippen molar-refractivity contribution in [3.8, 4) is 0 Å². The molecule has 3 unspecified atom stereocenters. The van der Waals surface area contributed by atoms with Gasteiger partial charge in [-0.2, -0.15) is 5.48 Å². The van der Waals surface area contributed by atoms with Crippen molar-refractivity contribution in [1.82, 2.24) is 5.48 Å². The van der Waals surface area contributed by atoms with Crippen molar-refractivity contribution >= 4 is 0 Å². The van der Waals surface area contributed by atoms with E-state index < -0.39 is 11.1 Å². The number of aliphatic hydroxyl groups excluding tert-OH is 1. The molecule has 4 nitrogen and oxygen atoms in total. The van der Waals surface area contributed by atoms with E-state index >= 15 is 0 Å². The third kappa shape index (κ3) is 4.28. The third-order valence-corrected chi connectivity index (χ3v) is 5.01. The maximum atomic E-state index is 11.5. The molecule has 25 heavy (non-hydrogen) atoms. The van der Waals surface area contributed by atoms with Crippen LogP contribution in [0, 0.1) is 5.41 Å². The van der Waals surface area contributed by atoms with Gasteiger partial charge in [-0.25, -0.2) is 0 Å². The predicted octanol–water partition coefficient (Wildman–Crippen LogP) is 3.78. The fraction of sp³-hybridized carbons (Fsp3) is 0.429. The normalized spacial score (nSPS) is 16.9. The molecular weight excluding hydrogens is 314 g/mol. The van der Waals surface area contributed by atoms with Crippen LogP contribution in [0.4, 0.5) is 0 Å². The molecule has 0 spiro atoms. The van der Waals surface area contributed by atoms with E-state index in [1.54, 1.807) is 0 Å². The lowest BCUT2D eigenvalue weighted by Gasteiger charge is -2.46. The van der Waals surface area contributed by atoms with E-state index in [1.807, 2.05) is 88.4 Å². The van der Waals surface area contributed by atoms with Crippen molar-refractivity contribution in [2.45, 2.75) is 45.4 Å². The van der Waals surface area contributed by atoms with E-state index in [2.05, 4.69) is 5.48 Å². The Labute approximate surface area is 150 Å². The summed E-state index contributed by atoms with van der Waals surface area (Å²) in [6, 6.07) is 19.5. The molecule has 0 fully saturated rings. The molecule has 0 saturated carbocycles. The van der Waals surface area contributed by atoms with Gasteiger partial charge in [-0.15, -0.1) is 0 Å². The van der Waals surface area contributed by atoms with Crippen LogP contribution in [0.15, 0.2) is 60.7 Å². The molecule has 3 atom stereocenters. The van der Waals surface area contributed by atoms with Gasteiger partial charge in [-0.05, 0) is 18.1 Å². The molecule has 2 aromatic rings. The molecule has 2 aromatic carbocycles. The molecular formula is C21H29NO3.